The third-order valence-corrected chi connectivity index (χ3v) is 2.76. The molecule has 0 saturated heterocycles. The van der Waals surface area contributed by atoms with Crippen LogP contribution in [-0.4, -0.2) is 37.4 Å². The summed E-state index contributed by atoms with van der Waals surface area (Å²) in [5.74, 6) is -0.133. The Morgan fingerprint density at radius 3 is 2.78 bits per heavy atom. The topological polar surface area (TPSA) is 58.6 Å². The molecular formula is C12H15Cl2NO3. The smallest absolute Gasteiger partial charge is 0.224 e. The van der Waals surface area contributed by atoms with Crippen molar-refractivity contribution in [3.8, 4) is 0 Å². The van der Waals surface area contributed by atoms with Crippen molar-refractivity contribution >= 4 is 29.1 Å². The first-order chi connectivity index (χ1) is 8.63. The predicted octanol–water partition coefficient (Wildman–Crippen LogP) is 1.66. The molecule has 4 nitrogen and oxygen atoms in total. The van der Waals surface area contributed by atoms with Gasteiger partial charge in [0, 0.05) is 16.6 Å². The number of amides is 1. The van der Waals surface area contributed by atoms with Crippen molar-refractivity contribution in [2.24, 2.45) is 0 Å². The number of carbonyl (C=O) groups is 1. The lowest BCUT2D eigenvalue weighted by Crippen LogP contribution is -2.29. The third-order valence-electron chi connectivity index (χ3n) is 2.17. The van der Waals surface area contributed by atoms with Crippen molar-refractivity contribution in [3.63, 3.8) is 0 Å². The molecule has 0 bridgehead atoms. The SMILES string of the molecule is O=C(Cc1ccc(Cl)cc1Cl)NCCOCCO. The Kier molecular flexibility index (Phi) is 7.05. The number of rotatable bonds is 7. The second kappa shape index (κ2) is 8.32. The average molecular weight is 292 g/mol. The van der Waals surface area contributed by atoms with Gasteiger partial charge in [0.1, 0.15) is 0 Å². The summed E-state index contributed by atoms with van der Waals surface area (Å²) in [5, 5.41) is 12.2. The van der Waals surface area contributed by atoms with E-state index >= 15 is 0 Å². The predicted molar refractivity (Wildman–Crippen MR) is 71.1 cm³/mol. The number of hydrogen-bond acceptors (Lipinski definition) is 3. The van der Waals surface area contributed by atoms with E-state index in [4.69, 9.17) is 33.0 Å². The van der Waals surface area contributed by atoms with Crippen LogP contribution in [0.5, 0.6) is 0 Å². The summed E-state index contributed by atoms with van der Waals surface area (Å²) in [6, 6.07) is 5.03. The van der Waals surface area contributed by atoms with Crippen LogP contribution in [0.15, 0.2) is 18.2 Å². The normalized spacial score (nSPS) is 10.4. The largest absolute Gasteiger partial charge is 0.394 e. The monoisotopic (exact) mass is 291 g/mol. The highest BCUT2D eigenvalue weighted by Gasteiger charge is 2.07. The highest BCUT2D eigenvalue weighted by molar-refractivity contribution is 6.35. The van der Waals surface area contributed by atoms with Crippen LogP contribution in [0.4, 0.5) is 0 Å². The number of halogens is 2. The molecule has 0 aromatic heterocycles. The van der Waals surface area contributed by atoms with Crippen molar-refractivity contribution in [1.29, 1.82) is 0 Å². The summed E-state index contributed by atoms with van der Waals surface area (Å²) in [4.78, 5) is 11.6. The molecule has 0 fully saturated rings. The molecule has 1 aromatic carbocycles. The number of hydrogen-bond donors (Lipinski definition) is 2. The zero-order chi connectivity index (χ0) is 13.4. The minimum atomic E-state index is -0.133. The van der Waals surface area contributed by atoms with Gasteiger partial charge in [-0.1, -0.05) is 29.3 Å². The lowest BCUT2D eigenvalue weighted by atomic mass is 10.1. The van der Waals surface area contributed by atoms with E-state index in [0.717, 1.165) is 5.56 Å². The standard InChI is InChI=1S/C12H15Cl2NO3/c13-10-2-1-9(11(14)8-10)7-12(17)15-3-5-18-6-4-16/h1-2,8,16H,3-7H2,(H,15,17). The van der Waals surface area contributed by atoms with Gasteiger partial charge in [0.2, 0.25) is 5.91 Å². The van der Waals surface area contributed by atoms with Crippen molar-refractivity contribution in [1.82, 2.24) is 5.32 Å². The van der Waals surface area contributed by atoms with E-state index < -0.39 is 0 Å². The molecule has 6 heteroatoms. The van der Waals surface area contributed by atoms with Gasteiger partial charge in [-0.2, -0.15) is 0 Å². The van der Waals surface area contributed by atoms with E-state index in [1.165, 1.54) is 0 Å². The Bertz CT molecular complexity index is 399. The summed E-state index contributed by atoms with van der Waals surface area (Å²) < 4.78 is 5.01. The Labute approximate surface area is 116 Å². The number of carbonyl (C=O) groups excluding carboxylic acids is 1. The zero-order valence-corrected chi connectivity index (χ0v) is 11.3. The molecule has 0 spiro atoms. The fourth-order valence-corrected chi connectivity index (χ4v) is 1.81. The molecule has 0 heterocycles. The molecule has 18 heavy (non-hydrogen) atoms. The van der Waals surface area contributed by atoms with Gasteiger partial charge >= 0.3 is 0 Å². The fourth-order valence-electron chi connectivity index (χ4n) is 1.33. The minimum Gasteiger partial charge on any atom is -0.394 e. The fraction of sp³-hybridized carbons (Fsp3) is 0.417. The van der Waals surface area contributed by atoms with Gasteiger partial charge in [0.25, 0.3) is 0 Å². The number of nitrogens with one attached hydrogen (secondary N) is 1. The molecule has 0 aliphatic rings. The first-order valence-electron chi connectivity index (χ1n) is 5.52. The first-order valence-corrected chi connectivity index (χ1v) is 6.28. The van der Waals surface area contributed by atoms with Crippen LogP contribution in [0.1, 0.15) is 5.56 Å². The van der Waals surface area contributed by atoms with Gasteiger partial charge in [-0.15, -0.1) is 0 Å². The van der Waals surface area contributed by atoms with E-state index in [1.54, 1.807) is 18.2 Å². The molecule has 2 N–H and O–H groups in total. The molecule has 0 saturated carbocycles. The van der Waals surface area contributed by atoms with Crippen LogP contribution < -0.4 is 5.32 Å². The lowest BCUT2D eigenvalue weighted by molar-refractivity contribution is -0.120. The van der Waals surface area contributed by atoms with Gasteiger partial charge in [-0.25, -0.2) is 0 Å². The van der Waals surface area contributed by atoms with Crippen LogP contribution in [-0.2, 0) is 16.0 Å². The zero-order valence-electron chi connectivity index (χ0n) is 9.79. The Hall–Kier alpha value is -0.810. The van der Waals surface area contributed by atoms with E-state index in [1.807, 2.05) is 0 Å². The summed E-state index contributed by atoms with van der Waals surface area (Å²) in [7, 11) is 0. The molecule has 0 radical (unpaired) electrons. The molecule has 100 valence electrons. The highest BCUT2D eigenvalue weighted by Crippen LogP contribution is 2.21. The van der Waals surface area contributed by atoms with Crippen molar-refractivity contribution in [2.75, 3.05) is 26.4 Å². The highest BCUT2D eigenvalue weighted by atomic mass is 35.5. The number of ether oxygens (including phenoxy) is 1. The quantitative estimate of drug-likeness (QED) is 0.751. The van der Waals surface area contributed by atoms with Crippen LogP contribution >= 0.6 is 23.2 Å². The maximum atomic E-state index is 11.6. The summed E-state index contributed by atoms with van der Waals surface area (Å²) in [6.07, 6.45) is 0.204. The number of benzene rings is 1. The van der Waals surface area contributed by atoms with Crippen molar-refractivity contribution in [2.45, 2.75) is 6.42 Å². The number of aliphatic hydroxyl groups excluding tert-OH is 1. The Balaban J connectivity index is 2.31. The van der Waals surface area contributed by atoms with Crippen LogP contribution in [0.25, 0.3) is 0 Å². The molecule has 0 aliphatic carbocycles. The molecule has 0 aliphatic heterocycles. The van der Waals surface area contributed by atoms with Gasteiger partial charge in [0.05, 0.1) is 26.2 Å². The van der Waals surface area contributed by atoms with E-state index in [9.17, 15) is 4.79 Å². The van der Waals surface area contributed by atoms with E-state index in [-0.39, 0.29) is 25.5 Å². The van der Waals surface area contributed by atoms with Crippen LogP contribution in [0.3, 0.4) is 0 Å². The third kappa shape index (κ3) is 5.69. The summed E-state index contributed by atoms with van der Waals surface area (Å²) >= 11 is 11.7. The summed E-state index contributed by atoms with van der Waals surface area (Å²) in [5.41, 5.74) is 0.731. The second-order valence-electron chi connectivity index (χ2n) is 3.60. The van der Waals surface area contributed by atoms with E-state index in [2.05, 4.69) is 5.32 Å². The molecular weight excluding hydrogens is 277 g/mol. The molecule has 0 unspecified atom stereocenters. The molecule has 0 atom stereocenters. The number of aliphatic hydroxyl groups is 1. The maximum Gasteiger partial charge on any atom is 0.224 e. The van der Waals surface area contributed by atoms with Crippen molar-refractivity contribution < 1.29 is 14.6 Å². The Morgan fingerprint density at radius 1 is 1.33 bits per heavy atom. The first kappa shape index (κ1) is 15.2. The van der Waals surface area contributed by atoms with Crippen molar-refractivity contribution in [3.05, 3.63) is 33.8 Å². The Morgan fingerprint density at radius 2 is 2.11 bits per heavy atom. The minimum absolute atomic E-state index is 0.0195. The van der Waals surface area contributed by atoms with Gasteiger partial charge in [-0.3, -0.25) is 4.79 Å². The molecule has 1 aromatic rings. The van der Waals surface area contributed by atoms with Crippen LogP contribution in [0, 0.1) is 0 Å². The van der Waals surface area contributed by atoms with Gasteiger partial charge in [-0.05, 0) is 17.7 Å². The molecule has 1 rings (SSSR count). The van der Waals surface area contributed by atoms with Gasteiger partial charge < -0.3 is 15.2 Å². The lowest BCUT2D eigenvalue weighted by Gasteiger charge is -2.07. The van der Waals surface area contributed by atoms with Gasteiger partial charge in [0.15, 0.2) is 0 Å². The van der Waals surface area contributed by atoms with E-state index in [0.29, 0.717) is 23.2 Å². The summed E-state index contributed by atoms with van der Waals surface area (Å²) in [6.45, 7) is 1.04. The second-order valence-corrected chi connectivity index (χ2v) is 4.44. The van der Waals surface area contributed by atoms with Crippen LogP contribution in [0.2, 0.25) is 10.0 Å². The average Bonchev–Trinajstić information content (AvgIpc) is 2.32. The molecule has 1 amide bonds. The maximum absolute atomic E-state index is 11.6.